The lowest BCUT2D eigenvalue weighted by Crippen LogP contribution is -1.56. The Labute approximate surface area is 48.0 Å². The van der Waals surface area contributed by atoms with E-state index in [9.17, 15) is 0 Å². The molecule has 0 aliphatic rings. The smallest absolute Gasteiger partial charge is 0.138 e. The van der Waals surface area contributed by atoms with Gasteiger partial charge in [0.1, 0.15) is 5.40 Å². The van der Waals surface area contributed by atoms with Crippen molar-refractivity contribution in [1.82, 2.24) is 0 Å². The van der Waals surface area contributed by atoms with Crippen molar-refractivity contribution in [2.45, 2.75) is 13.8 Å². The van der Waals surface area contributed by atoms with Crippen LogP contribution in [0.3, 0.4) is 0 Å². The minimum Gasteiger partial charge on any atom is -0.185 e. The maximum absolute atomic E-state index is 8.04. The normalized spacial score (nSPS) is 10.7. The number of thioether (sulfide) groups is 1. The molecule has 0 aromatic carbocycles. The first-order chi connectivity index (χ1) is 3.31. The van der Waals surface area contributed by atoms with Gasteiger partial charge in [0.15, 0.2) is 0 Å². The van der Waals surface area contributed by atoms with E-state index in [1.54, 1.807) is 0 Å². The molecule has 38 valence electrons. The molecule has 2 heteroatoms. The minimum absolute atomic E-state index is 1.06. The second-order valence-corrected chi connectivity index (χ2v) is 2.12. The third-order valence-corrected chi connectivity index (χ3v) is 1.26. The van der Waals surface area contributed by atoms with Crippen LogP contribution in [0, 0.1) is 10.7 Å². The average Bonchev–Trinajstić information content (AvgIpc) is 1.68. The van der Waals surface area contributed by atoms with Gasteiger partial charge in [-0.1, -0.05) is 6.08 Å². The van der Waals surface area contributed by atoms with Crippen LogP contribution in [-0.2, 0) is 0 Å². The Morgan fingerprint density at radius 2 is 2.43 bits per heavy atom. The molecule has 0 amide bonds. The van der Waals surface area contributed by atoms with Gasteiger partial charge in [-0.25, -0.2) is 0 Å². The first-order valence-electron chi connectivity index (χ1n) is 2.00. The highest BCUT2D eigenvalue weighted by Gasteiger charge is 1.80. The molecule has 7 heavy (non-hydrogen) atoms. The largest absolute Gasteiger partial charge is 0.185 e. The number of nitriles is 1. The van der Waals surface area contributed by atoms with Crippen LogP contribution < -0.4 is 0 Å². The summed E-state index contributed by atoms with van der Waals surface area (Å²) in [5.41, 5.74) is 0. The van der Waals surface area contributed by atoms with Crippen LogP contribution >= 0.6 is 11.8 Å². The standard InChI is InChI=1S/C5H7NS/c1-3-5(2)7-4-6/h3H,1-2H3/b5-3+. The molecular formula is C5H7NS. The zero-order chi connectivity index (χ0) is 5.70. The van der Waals surface area contributed by atoms with E-state index in [2.05, 4.69) is 0 Å². The Bertz CT molecular complexity index is 110. The third kappa shape index (κ3) is 3.41. The Kier molecular flexibility index (Phi) is 3.53. The third-order valence-electron chi connectivity index (χ3n) is 0.613. The van der Waals surface area contributed by atoms with Crippen molar-refractivity contribution < 1.29 is 0 Å². The molecule has 0 unspecified atom stereocenters. The molecule has 0 spiro atoms. The molecule has 0 N–H and O–H groups in total. The molecule has 0 saturated heterocycles. The van der Waals surface area contributed by atoms with Crippen LogP contribution in [-0.4, -0.2) is 0 Å². The van der Waals surface area contributed by atoms with Gasteiger partial charge in [-0.15, -0.1) is 0 Å². The highest BCUT2D eigenvalue weighted by Crippen LogP contribution is 2.10. The van der Waals surface area contributed by atoms with Crippen molar-refractivity contribution in [3.63, 3.8) is 0 Å². The maximum Gasteiger partial charge on any atom is 0.138 e. The second kappa shape index (κ2) is 3.76. The van der Waals surface area contributed by atoms with E-state index in [4.69, 9.17) is 5.26 Å². The zero-order valence-electron chi connectivity index (χ0n) is 4.43. The molecule has 0 aliphatic heterocycles. The van der Waals surface area contributed by atoms with Crippen LogP contribution in [0.4, 0.5) is 0 Å². The first kappa shape index (κ1) is 6.58. The van der Waals surface area contributed by atoms with Crippen LogP contribution in [0.25, 0.3) is 0 Å². The highest BCUT2D eigenvalue weighted by molar-refractivity contribution is 8.07. The summed E-state index contributed by atoms with van der Waals surface area (Å²) in [5, 5.41) is 10.0. The lowest BCUT2D eigenvalue weighted by molar-refractivity contribution is 1.56. The predicted octanol–water partition coefficient (Wildman–Crippen LogP) is 2.12. The molecule has 0 fully saturated rings. The molecule has 0 saturated carbocycles. The fourth-order valence-electron chi connectivity index (χ4n) is 0.131. The van der Waals surface area contributed by atoms with Gasteiger partial charge in [0.25, 0.3) is 0 Å². The lowest BCUT2D eigenvalue weighted by atomic mass is 10.6. The monoisotopic (exact) mass is 113 g/mol. The summed E-state index contributed by atoms with van der Waals surface area (Å²) < 4.78 is 0. The topological polar surface area (TPSA) is 23.8 Å². The van der Waals surface area contributed by atoms with E-state index in [-0.39, 0.29) is 0 Å². The Balaban J connectivity index is 3.43. The molecule has 0 aliphatic carbocycles. The number of rotatable bonds is 1. The molecule has 0 atom stereocenters. The molecule has 0 heterocycles. The predicted molar refractivity (Wildman–Crippen MR) is 32.6 cm³/mol. The minimum atomic E-state index is 1.06. The van der Waals surface area contributed by atoms with Crippen molar-refractivity contribution in [2.24, 2.45) is 0 Å². The van der Waals surface area contributed by atoms with Crippen molar-refractivity contribution >= 4 is 11.8 Å². The molecule has 0 rings (SSSR count). The second-order valence-electron chi connectivity index (χ2n) is 1.09. The highest BCUT2D eigenvalue weighted by atomic mass is 32.2. The quantitative estimate of drug-likeness (QED) is 0.486. The van der Waals surface area contributed by atoms with Crippen LogP contribution in [0.15, 0.2) is 11.0 Å². The van der Waals surface area contributed by atoms with Crippen LogP contribution in [0.2, 0.25) is 0 Å². The summed E-state index contributed by atoms with van der Waals surface area (Å²) in [6.07, 6.45) is 1.91. The van der Waals surface area contributed by atoms with E-state index < -0.39 is 0 Å². The van der Waals surface area contributed by atoms with E-state index in [1.165, 1.54) is 11.8 Å². The van der Waals surface area contributed by atoms with Crippen molar-refractivity contribution in [2.75, 3.05) is 0 Å². The van der Waals surface area contributed by atoms with Gasteiger partial charge in [-0.2, -0.15) is 5.26 Å². The molecule has 0 radical (unpaired) electrons. The SMILES string of the molecule is C/C=C(\C)SC#N. The summed E-state index contributed by atoms with van der Waals surface area (Å²) in [7, 11) is 0. The van der Waals surface area contributed by atoms with E-state index >= 15 is 0 Å². The van der Waals surface area contributed by atoms with Gasteiger partial charge < -0.3 is 0 Å². The van der Waals surface area contributed by atoms with Crippen LogP contribution in [0.5, 0.6) is 0 Å². The van der Waals surface area contributed by atoms with E-state index in [0.29, 0.717) is 0 Å². The molecule has 1 nitrogen and oxygen atoms in total. The molecule has 0 bridgehead atoms. The maximum atomic E-state index is 8.04. The average molecular weight is 113 g/mol. The van der Waals surface area contributed by atoms with Gasteiger partial charge in [0, 0.05) is 0 Å². The fraction of sp³-hybridized carbons (Fsp3) is 0.400. The van der Waals surface area contributed by atoms with Gasteiger partial charge >= 0.3 is 0 Å². The van der Waals surface area contributed by atoms with Gasteiger partial charge in [-0.05, 0) is 30.5 Å². The Morgan fingerprint density at radius 1 is 1.86 bits per heavy atom. The summed E-state index contributed by atoms with van der Waals surface area (Å²) >= 11 is 1.20. The summed E-state index contributed by atoms with van der Waals surface area (Å²) in [6, 6.07) is 0. The van der Waals surface area contributed by atoms with Gasteiger partial charge in [-0.3, -0.25) is 0 Å². The number of nitrogens with zero attached hydrogens (tertiary/aromatic N) is 1. The van der Waals surface area contributed by atoms with Crippen molar-refractivity contribution in [3.05, 3.63) is 11.0 Å². The van der Waals surface area contributed by atoms with Crippen LogP contribution in [0.1, 0.15) is 13.8 Å². The summed E-state index contributed by atoms with van der Waals surface area (Å²) in [5.74, 6) is 0. The number of thiocyanates is 1. The van der Waals surface area contributed by atoms with Gasteiger partial charge in [0.2, 0.25) is 0 Å². The zero-order valence-corrected chi connectivity index (χ0v) is 5.25. The van der Waals surface area contributed by atoms with E-state index in [1.807, 2.05) is 25.3 Å². The molecule has 0 aromatic heterocycles. The number of hydrogen-bond acceptors (Lipinski definition) is 2. The summed E-state index contributed by atoms with van der Waals surface area (Å²) in [4.78, 5) is 1.06. The Morgan fingerprint density at radius 3 is 2.57 bits per heavy atom. The Hall–Kier alpha value is -0.420. The van der Waals surface area contributed by atoms with Gasteiger partial charge in [0.05, 0.1) is 0 Å². The fourth-order valence-corrected chi connectivity index (χ4v) is 0.393. The van der Waals surface area contributed by atoms with E-state index in [0.717, 1.165) is 4.91 Å². The molecular weight excluding hydrogens is 106 g/mol. The first-order valence-corrected chi connectivity index (χ1v) is 2.81. The molecule has 0 aromatic rings. The number of allylic oxidation sites excluding steroid dienone is 2. The lowest BCUT2D eigenvalue weighted by Gasteiger charge is -1.81. The van der Waals surface area contributed by atoms with Crippen molar-refractivity contribution in [3.8, 4) is 5.40 Å². The number of hydrogen-bond donors (Lipinski definition) is 0. The van der Waals surface area contributed by atoms with Crippen molar-refractivity contribution in [1.29, 1.82) is 5.26 Å². The summed E-state index contributed by atoms with van der Waals surface area (Å²) in [6.45, 7) is 3.83.